The van der Waals surface area contributed by atoms with Crippen LogP contribution < -0.4 is 11.5 Å². The predicted octanol–water partition coefficient (Wildman–Crippen LogP) is 0.0984. The normalized spacial score (nSPS) is 21.7. The Labute approximate surface area is 84.4 Å². The average Bonchev–Trinajstić information content (AvgIpc) is 2.52. The monoisotopic (exact) mass is 201 g/mol. The molecule has 0 radical (unpaired) electrons. The fraction of sp³-hybridized carbons (Fsp3) is 0.889. The van der Waals surface area contributed by atoms with E-state index < -0.39 is 0 Å². The molecule has 4 N–H and O–H groups in total. The van der Waals surface area contributed by atoms with Crippen molar-refractivity contribution in [2.45, 2.75) is 25.9 Å². The summed E-state index contributed by atoms with van der Waals surface area (Å²) in [6.45, 7) is 3.72. The summed E-state index contributed by atoms with van der Waals surface area (Å²) in [6.07, 6.45) is 1.25. The van der Waals surface area contributed by atoms with E-state index in [0.29, 0.717) is 12.5 Å². The summed E-state index contributed by atoms with van der Waals surface area (Å²) in [7, 11) is 0. The van der Waals surface area contributed by atoms with E-state index in [4.69, 9.17) is 16.2 Å². The highest BCUT2D eigenvalue weighted by Crippen LogP contribution is 2.20. The molecule has 0 aromatic carbocycles. The molecular weight excluding hydrogens is 182 g/mol. The third kappa shape index (κ3) is 3.16. The Bertz CT molecular complexity index is 196. The van der Waals surface area contributed by atoms with Gasteiger partial charge in [-0.25, -0.2) is 4.79 Å². The molecule has 5 heteroatoms. The van der Waals surface area contributed by atoms with E-state index in [-0.39, 0.29) is 12.3 Å². The van der Waals surface area contributed by atoms with Gasteiger partial charge in [0.2, 0.25) is 0 Å². The maximum Gasteiger partial charge on any atom is 0.409 e. The summed E-state index contributed by atoms with van der Waals surface area (Å²) in [5.74, 6) is 0.430. The lowest BCUT2D eigenvalue weighted by Crippen LogP contribution is -2.34. The molecule has 0 bridgehead atoms. The molecule has 1 fully saturated rings. The molecule has 14 heavy (non-hydrogen) atoms. The van der Waals surface area contributed by atoms with Gasteiger partial charge in [-0.3, -0.25) is 0 Å². The molecule has 5 nitrogen and oxygen atoms in total. The van der Waals surface area contributed by atoms with Crippen molar-refractivity contribution in [2.75, 3.05) is 19.7 Å². The Hall–Kier alpha value is -0.810. The van der Waals surface area contributed by atoms with E-state index in [1.807, 2.05) is 0 Å². The third-order valence-electron chi connectivity index (χ3n) is 2.42. The van der Waals surface area contributed by atoms with Crippen LogP contribution in [0.2, 0.25) is 0 Å². The lowest BCUT2D eigenvalue weighted by atomic mass is 10.0. The molecule has 1 heterocycles. The van der Waals surface area contributed by atoms with Crippen molar-refractivity contribution in [3.63, 3.8) is 0 Å². The summed E-state index contributed by atoms with van der Waals surface area (Å²) in [5.41, 5.74) is 11.0. The Kier molecular flexibility index (Phi) is 4.16. The van der Waals surface area contributed by atoms with Crippen LogP contribution in [0, 0.1) is 5.92 Å². The van der Waals surface area contributed by atoms with Gasteiger partial charge in [0.05, 0.1) is 12.8 Å². The largest absolute Gasteiger partial charge is 0.450 e. The van der Waals surface area contributed by atoms with Crippen molar-refractivity contribution >= 4 is 6.09 Å². The number of ether oxygens (including phenoxy) is 1. The fourth-order valence-corrected chi connectivity index (χ4v) is 1.79. The van der Waals surface area contributed by atoms with Gasteiger partial charge in [0, 0.05) is 13.1 Å². The Balaban J connectivity index is 2.29. The van der Waals surface area contributed by atoms with Crippen LogP contribution in [0.3, 0.4) is 0 Å². The lowest BCUT2D eigenvalue weighted by Gasteiger charge is -2.16. The van der Waals surface area contributed by atoms with E-state index in [2.05, 4.69) is 0 Å². The fourth-order valence-electron chi connectivity index (χ4n) is 1.79. The molecule has 0 aromatic rings. The number of hydrogen-bond donors (Lipinski definition) is 2. The molecule has 82 valence electrons. The van der Waals surface area contributed by atoms with Gasteiger partial charge in [-0.2, -0.15) is 0 Å². The molecule has 1 amide bonds. The molecule has 1 atom stereocenters. The molecule has 0 saturated carbocycles. The minimum atomic E-state index is -0.276. The first-order valence-electron chi connectivity index (χ1n) is 5.06. The summed E-state index contributed by atoms with van der Waals surface area (Å²) in [6, 6.07) is 0. The lowest BCUT2D eigenvalue weighted by molar-refractivity contribution is 0.114. The molecular formula is C9H19N3O2. The van der Waals surface area contributed by atoms with Crippen LogP contribution in [-0.4, -0.2) is 36.9 Å². The van der Waals surface area contributed by atoms with Gasteiger partial charge in [0.1, 0.15) is 0 Å². The second kappa shape index (κ2) is 5.17. The SMILES string of the molecule is CCOC(=O)N1CCC(CC(N)N)C1. The zero-order valence-corrected chi connectivity index (χ0v) is 8.61. The average molecular weight is 201 g/mol. The first-order valence-corrected chi connectivity index (χ1v) is 5.06. The summed E-state index contributed by atoms with van der Waals surface area (Å²) in [5, 5.41) is 0. The summed E-state index contributed by atoms with van der Waals surface area (Å²) in [4.78, 5) is 13.0. The minimum absolute atomic E-state index is 0.222. The Morgan fingerprint density at radius 1 is 1.64 bits per heavy atom. The Morgan fingerprint density at radius 2 is 2.36 bits per heavy atom. The van der Waals surface area contributed by atoms with Crippen molar-refractivity contribution in [3.8, 4) is 0 Å². The molecule has 1 aliphatic rings. The van der Waals surface area contributed by atoms with Crippen LogP contribution in [0.1, 0.15) is 19.8 Å². The molecule has 0 aromatic heterocycles. The standard InChI is InChI=1S/C9H19N3O2/c1-2-14-9(13)12-4-3-7(6-12)5-8(10)11/h7-8H,2-6,10-11H2,1H3. The molecule has 0 aliphatic carbocycles. The Morgan fingerprint density at radius 3 is 2.93 bits per heavy atom. The molecule has 1 saturated heterocycles. The second-order valence-corrected chi connectivity index (χ2v) is 3.70. The smallest absolute Gasteiger partial charge is 0.409 e. The highest BCUT2D eigenvalue weighted by molar-refractivity contribution is 5.67. The highest BCUT2D eigenvalue weighted by Gasteiger charge is 2.27. The second-order valence-electron chi connectivity index (χ2n) is 3.70. The van der Waals surface area contributed by atoms with Crippen LogP contribution >= 0.6 is 0 Å². The van der Waals surface area contributed by atoms with E-state index in [1.165, 1.54) is 0 Å². The number of nitrogens with zero attached hydrogens (tertiary/aromatic N) is 1. The number of hydrogen-bond acceptors (Lipinski definition) is 4. The van der Waals surface area contributed by atoms with Gasteiger partial charge in [0.15, 0.2) is 0 Å². The zero-order chi connectivity index (χ0) is 10.6. The molecule has 0 spiro atoms. The molecule has 1 aliphatic heterocycles. The van der Waals surface area contributed by atoms with Crippen LogP contribution in [0.5, 0.6) is 0 Å². The van der Waals surface area contributed by atoms with Gasteiger partial charge < -0.3 is 21.1 Å². The van der Waals surface area contributed by atoms with Crippen molar-refractivity contribution in [3.05, 3.63) is 0 Å². The molecule has 1 unspecified atom stereocenters. The van der Waals surface area contributed by atoms with Gasteiger partial charge in [-0.1, -0.05) is 0 Å². The van der Waals surface area contributed by atoms with Crippen molar-refractivity contribution < 1.29 is 9.53 Å². The van der Waals surface area contributed by atoms with Crippen LogP contribution in [0.15, 0.2) is 0 Å². The number of amides is 1. The minimum Gasteiger partial charge on any atom is -0.450 e. The van der Waals surface area contributed by atoms with E-state index in [9.17, 15) is 4.79 Å². The van der Waals surface area contributed by atoms with E-state index in [0.717, 1.165) is 25.9 Å². The predicted molar refractivity (Wildman–Crippen MR) is 53.5 cm³/mol. The first-order chi connectivity index (χ1) is 6.63. The van der Waals surface area contributed by atoms with E-state index in [1.54, 1.807) is 11.8 Å². The highest BCUT2D eigenvalue weighted by atomic mass is 16.6. The number of rotatable bonds is 3. The quantitative estimate of drug-likeness (QED) is 0.634. The maximum atomic E-state index is 11.3. The van der Waals surface area contributed by atoms with Crippen molar-refractivity contribution in [1.29, 1.82) is 0 Å². The van der Waals surface area contributed by atoms with Crippen LogP contribution in [0.25, 0.3) is 0 Å². The van der Waals surface area contributed by atoms with Gasteiger partial charge in [0.25, 0.3) is 0 Å². The van der Waals surface area contributed by atoms with E-state index >= 15 is 0 Å². The topological polar surface area (TPSA) is 81.6 Å². The third-order valence-corrected chi connectivity index (χ3v) is 2.42. The van der Waals surface area contributed by atoms with Gasteiger partial charge in [-0.05, 0) is 25.7 Å². The zero-order valence-electron chi connectivity index (χ0n) is 8.61. The van der Waals surface area contributed by atoms with Crippen LogP contribution in [0.4, 0.5) is 4.79 Å². The first kappa shape index (κ1) is 11.3. The van der Waals surface area contributed by atoms with Gasteiger partial charge >= 0.3 is 6.09 Å². The van der Waals surface area contributed by atoms with Gasteiger partial charge in [-0.15, -0.1) is 0 Å². The van der Waals surface area contributed by atoms with Crippen molar-refractivity contribution in [2.24, 2.45) is 17.4 Å². The number of nitrogens with two attached hydrogens (primary N) is 2. The summed E-state index contributed by atoms with van der Waals surface area (Å²) < 4.78 is 4.90. The number of carbonyl (C=O) groups is 1. The van der Waals surface area contributed by atoms with Crippen LogP contribution in [-0.2, 0) is 4.74 Å². The maximum absolute atomic E-state index is 11.3. The van der Waals surface area contributed by atoms with Crippen molar-refractivity contribution in [1.82, 2.24) is 4.90 Å². The summed E-state index contributed by atoms with van der Waals surface area (Å²) >= 11 is 0. The number of likely N-dealkylation sites (tertiary alicyclic amines) is 1. The molecule has 1 rings (SSSR count). The number of carbonyl (C=O) groups excluding carboxylic acids is 1.